The smallest absolute Gasteiger partial charge is 0.333 e. The second kappa shape index (κ2) is 3.59. The number of nitrogens with zero attached hydrogens (tertiary/aromatic N) is 3. The summed E-state index contributed by atoms with van der Waals surface area (Å²) in [7, 11) is 0. The van der Waals surface area contributed by atoms with E-state index in [9.17, 15) is 13.2 Å². The van der Waals surface area contributed by atoms with Gasteiger partial charge in [-0.25, -0.2) is 9.67 Å². The van der Waals surface area contributed by atoms with Gasteiger partial charge in [-0.05, 0) is 12.1 Å². The zero-order valence-corrected chi connectivity index (χ0v) is 8.86. The minimum Gasteiger partial charge on any atom is -0.333 e. The topological polar surface area (TPSA) is 46.5 Å². The third-order valence-corrected chi connectivity index (χ3v) is 2.50. The monoisotopic (exact) mass is 251 g/mol. The number of hydrogen-bond acceptors (Lipinski definition) is 2. The number of H-pyrrole nitrogens is 1. The Morgan fingerprint density at radius 1 is 1.22 bits per heavy atom. The number of hydrogen-bond donors (Lipinski definition) is 1. The molecule has 2 aromatic heterocycles. The Morgan fingerprint density at radius 3 is 2.72 bits per heavy atom. The van der Waals surface area contributed by atoms with Gasteiger partial charge < -0.3 is 4.98 Å². The van der Waals surface area contributed by atoms with Gasteiger partial charge in [0.05, 0.1) is 17.4 Å². The fourth-order valence-electron chi connectivity index (χ4n) is 1.71. The van der Waals surface area contributed by atoms with E-state index in [0.29, 0.717) is 11.2 Å². The van der Waals surface area contributed by atoms with E-state index in [0.717, 1.165) is 10.7 Å². The molecule has 0 amide bonds. The predicted molar refractivity (Wildman–Crippen MR) is 57.1 cm³/mol. The number of para-hydroxylation sites is 1. The van der Waals surface area contributed by atoms with E-state index >= 15 is 0 Å². The normalized spacial score (nSPS) is 12.2. The highest BCUT2D eigenvalue weighted by Crippen LogP contribution is 2.33. The van der Waals surface area contributed by atoms with Crippen molar-refractivity contribution in [3.05, 3.63) is 42.4 Å². The van der Waals surface area contributed by atoms with E-state index < -0.39 is 11.7 Å². The largest absolute Gasteiger partial charge is 0.418 e. The van der Waals surface area contributed by atoms with Crippen LogP contribution >= 0.6 is 0 Å². The van der Waals surface area contributed by atoms with Crippen molar-refractivity contribution in [3.8, 4) is 5.69 Å². The van der Waals surface area contributed by atoms with E-state index in [1.165, 1.54) is 24.4 Å². The molecule has 0 bridgehead atoms. The van der Waals surface area contributed by atoms with Gasteiger partial charge >= 0.3 is 6.18 Å². The number of fused-ring (bicyclic) bond motifs is 1. The van der Waals surface area contributed by atoms with Crippen molar-refractivity contribution in [3.63, 3.8) is 0 Å². The van der Waals surface area contributed by atoms with E-state index in [1.54, 1.807) is 0 Å². The molecule has 0 unspecified atom stereocenters. The minimum atomic E-state index is -4.42. The Balaban J connectivity index is 2.20. The fraction of sp³-hybridized carbons (Fsp3) is 0.0909. The minimum absolute atomic E-state index is 0.0311. The van der Waals surface area contributed by atoms with Crippen LogP contribution in [0.4, 0.5) is 13.2 Å². The molecule has 0 spiro atoms. The number of imidazole rings is 1. The SMILES string of the molecule is FC(F)(F)c1ccccc1-n1cc2[nH][c]nc2n1. The van der Waals surface area contributed by atoms with Crippen molar-refractivity contribution in [1.29, 1.82) is 0 Å². The molecule has 0 saturated heterocycles. The molecular formula is C11H6F3N4. The lowest BCUT2D eigenvalue weighted by Crippen LogP contribution is -2.10. The van der Waals surface area contributed by atoms with Crippen LogP contribution < -0.4 is 0 Å². The molecule has 0 aliphatic rings. The number of aromatic amines is 1. The van der Waals surface area contributed by atoms with Gasteiger partial charge in [-0.3, -0.25) is 0 Å². The average molecular weight is 251 g/mol. The van der Waals surface area contributed by atoms with Gasteiger partial charge in [-0.15, -0.1) is 5.10 Å². The Hall–Kier alpha value is -2.31. The van der Waals surface area contributed by atoms with Crippen molar-refractivity contribution in [2.24, 2.45) is 0 Å². The quantitative estimate of drug-likeness (QED) is 0.722. The summed E-state index contributed by atoms with van der Waals surface area (Å²) in [6, 6.07) is 5.25. The van der Waals surface area contributed by atoms with Crippen molar-refractivity contribution in [2.45, 2.75) is 6.18 Å². The molecule has 1 radical (unpaired) electrons. The van der Waals surface area contributed by atoms with Crippen LogP contribution in [-0.2, 0) is 6.18 Å². The third-order valence-electron chi connectivity index (χ3n) is 2.50. The van der Waals surface area contributed by atoms with Gasteiger partial charge in [0, 0.05) is 0 Å². The first-order valence-corrected chi connectivity index (χ1v) is 5.04. The van der Waals surface area contributed by atoms with Gasteiger partial charge in [0.2, 0.25) is 0 Å². The van der Waals surface area contributed by atoms with Crippen LogP contribution in [0.2, 0.25) is 0 Å². The van der Waals surface area contributed by atoms with Crippen molar-refractivity contribution in [2.75, 3.05) is 0 Å². The maximum atomic E-state index is 12.8. The molecule has 1 aromatic carbocycles. The number of rotatable bonds is 1. The van der Waals surface area contributed by atoms with E-state index in [-0.39, 0.29) is 5.69 Å². The van der Waals surface area contributed by atoms with Crippen molar-refractivity contribution >= 4 is 11.2 Å². The van der Waals surface area contributed by atoms with Crippen LogP contribution in [-0.4, -0.2) is 19.7 Å². The lowest BCUT2D eigenvalue weighted by Gasteiger charge is -2.11. The van der Waals surface area contributed by atoms with Gasteiger partial charge in [0.25, 0.3) is 0 Å². The summed E-state index contributed by atoms with van der Waals surface area (Å²) in [6.45, 7) is 0. The Kier molecular flexibility index (Phi) is 2.16. The molecule has 4 nitrogen and oxygen atoms in total. The summed E-state index contributed by atoms with van der Waals surface area (Å²) in [5.74, 6) is 0. The van der Waals surface area contributed by atoms with E-state index in [4.69, 9.17) is 0 Å². The molecule has 2 heterocycles. The summed E-state index contributed by atoms with van der Waals surface area (Å²) >= 11 is 0. The van der Waals surface area contributed by atoms with Gasteiger partial charge in [0.1, 0.15) is 5.52 Å². The Labute approximate surface area is 99.1 Å². The highest BCUT2D eigenvalue weighted by Gasteiger charge is 2.33. The summed E-state index contributed by atoms with van der Waals surface area (Å²) < 4.78 is 39.7. The molecule has 91 valence electrons. The molecule has 0 aliphatic heterocycles. The Morgan fingerprint density at radius 2 is 2.00 bits per heavy atom. The fourth-order valence-corrected chi connectivity index (χ4v) is 1.71. The van der Waals surface area contributed by atoms with Crippen LogP contribution in [0.5, 0.6) is 0 Å². The Bertz CT molecular complexity index is 667. The third kappa shape index (κ3) is 1.64. The van der Waals surface area contributed by atoms with E-state index in [2.05, 4.69) is 21.4 Å². The van der Waals surface area contributed by atoms with E-state index in [1.807, 2.05) is 0 Å². The molecule has 0 fully saturated rings. The first-order chi connectivity index (χ1) is 8.55. The van der Waals surface area contributed by atoms with Crippen molar-refractivity contribution < 1.29 is 13.2 Å². The first-order valence-electron chi connectivity index (χ1n) is 5.04. The predicted octanol–water partition coefficient (Wildman–Crippen LogP) is 2.57. The zero-order chi connectivity index (χ0) is 12.8. The van der Waals surface area contributed by atoms with Crippen LogP contribution in [0.3, 0.4) is 0 Å². The molecule has 0 aliphatic carbocycles. The van der Waals surface area contributed by atoms with Crippen molar-refractivity contribution in [1.82, 2.24) is 19.7 Å². The van der Waals surface area contributed by atoms with Crippen LogP contribution in [0.25, 0.3) is 16.9 Å². The first kappa shape index (κ1) is 10.8. The number of alkyl halides is 3. The lowest BCUT2D eigenvalue weighted by molar-refractivity contribution is -0.137. The van der Waals surface area contributed by atoms with Gasteiger partial charge in [0.15, 0.2) is 12.0 Å². The maximum Gasteiger partial charge on any atom is 0.418 e. The summed E-state index contributed by atoms with van der Waals surface area (Å²) in [4.78, 5) is 6.43. The highest BCUT2D eigenvalue weighted by atomic mass is 19.4. The standard InChI is InChI=1S/C11H6F3N4/c12-11(13,14)7-3-1-2-4-9(7)18-5-8-10(17-18)16-6-15-8/h1-5H,(H,15,16,17). The number of aromatic nitrogens is 4. The average Bonchev–Trinajstić information content (AvgIpc) is 2.87. The summed E-state index contributed by atoms with van der Waals surface area (Å²) in [5.41, 5.74) is 0.0921. The van der Waals surface area contributed by atoms with Gasteiger partial charge in [-0.2, -0.15) is 13.2 Å². The van der Waals surface area contributed by atoms with Crippen LogP contribution in [0.1, 0.15) is 5.56 Å². The van der Waals surface area contributed by atoms with Gasteiger partial charge in [-0.1, -0.05) is 12.1 Å². The second-order valence-corrected chi connectivity index (χ2v) is 3.67. The number of nitrogens with one attached hydrogen (secondary N) is 1. The molecule has 0 atom stereocenters. The number of benzene rings is 1. The summed E-state index contributed by atoms with van der Waals surface area (Å²) in [5, 5.41) is 3.96. The second-order valence-electron chi connectivity index (χ2n) is 3.67. The molecule has 1 N–H and O–H groups in total. The molecule has 7 heteroatoms. The zero-order valence-electron chi connectivity index (χ0n) is 8.86. The molecule has 3 aromatic rings. The number of halogens is 3. The molecule has 0 saturated carbocycles. The van der Waals surface area contributed by atoms with Crippen LogP contribution in [0.15, 0.2) is 30.5 Å². The highest BCUT2D eigenvalue weighted by molar-refractivity contribution is 5.69. The molecule has 18 heavy (non-hydrogen) atoms. The van der Waals surface area contributed by atoms with Crippen LogP contribution in [0, 0.1) is 6.33 Å². The maximum absolute atomic E-state index is 12.8. The lowest BCUT2D eigenvalue weighted by atomic mass is 10.2. The molecule has 3 rings (SSSR count). The molecular weight excluding hydrogens is 245 g/mol. The summed E-state index contributed by atoms with van der Waals surface area (Å²) in [6.07, 6.45) is -0.505.